The molecule has 2 fully saturated rings. The molecule has 2 aliphatic heterocycles. The number of rotatable bonds is 3. The molecule has 0 aliphatic carbocycles. The Morgan fingerprint density at radius 3 is 2.46 bits per heavy atom. The molecule has 1 unspecified atom stereocenters. The van der Waals surface area contributed by atoms with E-state index in [-0.39, 0.29) is 12.0 Å². The number of hydrogen-bond donors (Lipinski definition) is 1. The number of halogens is 3. The zero-order valence-electron chi connectivity index (χ0n) is 18.5. The van der Waals surface area contributed by atoms with E-state index in [0.717, 1.165) is 43.5 Å². The Kier molecular flexibility index (Phi) is 7.26. The largest absolute Gasteiger partial charge is 0.490 e. The molecule has 188 valence electrons. The van der Waals surface area contributed by atoms with Crippen molar-refractivity contribution in [2.75, 3.05) is 50.9 Å². The zero-order valence-corrected chi connectivity index (χ0v) is 18.5. The third kappa shape index (κ3) is 5.74. The van der Waals surface area contributed by atoms with E-state index in [1.165, 1.54) is 6.26 Å². The summed E-state index contributed by atoms with van der Waals surface area (Å²) in [6.45, 7) is 4.65. The van der Waals surface area contributed by atoms with Gasteiger partial charge in [0.1, 0.15) is 17.6 Å². The molecule has 2 aliphatic rings. The molecule has 1 amide bonds. The third-order valence-electron chi connectivity index (χ3n) is 5.48. The van der Waals surface area contributed by atoms with E-state index < -0.39 is 12.1 Å². The topological polar surface area (TPSA) is 110 Å². The number of furan rings is 1. The minimum atomic E-state index is -5.08. The summed E-state index contributed by atoms with van der Waals surface area (Å²) in [4.78, 5) is 30.3. The summed E-state index contributed by atoms with van der Waals surface area (Å²) in [5, 5.41) is 7.12. The lowest BCUT2D eigenvalue weighted by Crippen LogP contribution is -2.42. The van der Waals surface area contributed by atoms with E-state index in [4.69, 9.17) is 28.8 Å². The molecule has 5 rings (SSSR count). The third-order valence-corrected chi connectivity index (χ3v) is 5.48. The fourth-order valence-corrected chi connectivity index (χ4v) is 3.79. The van der Waals surface area contributed by atoms with E-state index in [1.54, 1.807) is 17.0 Å². The summed E-state index contributed by atoms with van der Waals surface area (Å²) in [5.41, 5.74) is 1.70. The van der Waals surface area contributed by atoms with Gasteiger partial charge in [-0.2, -0.15) is 13.2 Å². The fraction of sp³-hybridized carbons (Fsp3) is 0.409. The average molecular weight is 496 g/mol. The molecule has 5 heterocycles. The number of morpholine rings is 2. The second kappa shape index (κ2) is 10.4. The molecule has 0 aromatic carbocycles. The lowest BCUT2D eigenvalue weighted by molar-refractivity contribution is -0.192. The smallest absolute Gasteiger partial charge is 0.475 e. The number of aliphatic carboxylic acids is 1. The van der Waals surface area contributed by atoms with Gasteiger partial charge in [-0.3, -0.25) is 9.20 Å². The summed E-state index contributed by atoms with van der Waals surface area (Å²) < 4.78 is 50.5. The maximum Gasteiger partial charge on any atom is 0.490 e. The highest BCUT2D eigenvalue weighted by atomic mass is 19.4. The van der Waals surface area contributed by atoms with Gasteiger partial charge < -0.3 is 28.8 Å². The summed E-state index contributed by atoms with van der Waals surface area (Å²) in [6.07, 6.45) is -1.81. The second-order valence-electron chi connectivity index (χ2n) is 7.77. The average Bonchev–Trinajstić information content (AvgIpc) is 3.54. The number of pyridine rings is 1. The molecular weight excluding hydrogens is 473 g/mol. The highest BCUT2D eigenvalue weighted by Crippen LogP contribution is 2.26. The molecule has 10 nitrogen and oxygen atoms in total. The summed E-state index contributed by atoms with van der Waals surface area (Å²) >= 11 is 0. The van der Waals surface area contributed by atoms with Crippen LogP contribution in [-0.2, 0) is 14.3 Å². The van der Waals surface area contributed by atoms with Crippen LogP contribution in [0.15, 0.2) is 47.2 Å². The van der Waals surface area contributed by atoms with Crippen LogP contribution in [-0.4, -0.2) is 83.4 Å². The van der Waals surface area contributed by atoms with Crippen LogP contribution in [0, 0.1) is 0 Å². The quantitative estimate of drug-likeness (QED) is 0.590. The van der Waals surface area contributed by atoms with Gasteiger partial charge in [-0.05, 0) is 24.3 Å². The van der Waals surface area contributed by atoms with E-state index in [2.05, 4.69) is 15.4 Å². The van der Waals surface area contributed by atoms with E-state index in [9.17, 15) is 18.0 Å². The normalized spacial score (nSPS) is 18.8. The first-order valence-electron chi connectivity index (χ1n) is 10.8. The number of nitrogens with zero attached hydrogens (tertiary/aromatic N) is 4. The molecule has 0 saturated carbocycles. The van der Waals surface area contributed by atoms with Gasteiger partial charge in [0.2, 0.25) is 0 Å². The number of ether oxygens (including phenoxy) is 2. The number of carboxylic acid groups (broad SMARTS) is 1. The standard InChI is InChI=1S/C20H22N4O4.C2HF3O2/c25-20(16-3-2-9-27-16)23-8-12-28-17(14-23)15-13-24-18(21-15)4-1-5-19(24)22-6-10-26-11-7-22;3-2(4,5)1(6)7/h1-5,9,13,17H,6-8,10-12,14H2;(H,6,7). The van der Waals surface area contributed by atoms with Crippen LogP contribution >= 0.6 is 0 Å². The molecule has 3 aromatic rings. The number of carboxylic acids is 1. The minimum Gasteiger partial charge on any atom is -0.475 e. The van der Waals surface area contributed by atoms with Crippen molar-refractivity contribution < 1.29 is 41.8 Å². The summed E-state index contributed by atoms with van der Waals surface area (Å²) in [6, 6.07) is 9.51. The van der Waals surface area contributed by atoms with Gasteiger partial charge in [0.15, 0.2) is 5.76 Å². The second-order valence-corrected chi connectivity index (χ2v) is 7.77. The first kappa shape index (κ1) is 24.5. The minimum absolute atomic E-state index is 0.115. The van der Waals surface area contributed by atoms with Crippen molar-refractivity contribution in [3.63, 3.8) is 0 Å². The Morgan fingerprint density at radius 1 is 1.06 bits per heavy atom. The van der Waals surface area contributed by atoms with Crippen LogP contribution in [0.25, 0.3) is 5.65 Å². The number of imidazole rings is 1. The molecule has 2 saturated heterocycles. The molecule has 0 spiro atoms. The van der Waals surface area contributed by atoms with Crippen molar-refractivity contribution in [2.24, 2.45) is 0 Å². The predicted octanol–water partition coefficient (Wildman–Crippen LogP) is 2.61. The van der Waals surface area contributed by atoms with Crippen molar-refractivity contribution in [2.45, 2.75) is 12.3 Å². The Balaban J connectivity index is 0.000000364. The number of aromatic nitrogens is 2. The van der Waals surface area contributed by atoms with Gasteiger partial charge in [-0.1, -0.05) is 6.07 Å². The Hall–Kier alpha value is -3.58. The van der Waals surface area contributed by atoms with Crippen LogP contribution in [0.4, 0.5) is 19.0 Å². The fourth-order valence-electron chi connectivity index (χ4n) is 3.79. The SMILES string of the molecule is O=C(O)C(F)(F)F.O=C(c1ccco1)N1CCOC(c2cn3c(N4CCOCC4)cccc3n2)C1. The lowest BCUT2D eigenvalue weighted by atomic mass is 10.2. The number of carbonyl (C=O) groups excluding carboxylic acids is 1. The molecule has 1 atom stereocenters. The van der Waals surface area contributed by atoms with Crippen molar-refractivity contribution in [1.29, 1.82) is 0 Å². The Bertz CT molecular complexity index is 1160. The maximum atomic E-state index is 12.6. The number of anilines is 1. The van der Waals surface area contributed by atoms with Gasteiger partial charge >= 0.3 is 12.1 Å². The van der Waals surface area contributed by atoms with Crippen molar-refractivity contribution >= 4 is 23.3 Å². The number of hydrogen-bond acceptors (Lipinski definition) is 7. The molecule has 35 heavy (non-hydrogen) atoms. The van der Waals surface area contributed by atoms with E-state index in [0.29, 0.717) is 25.5 Å². The Labute approximate surface area is 197 Å². The summed E-state index contributed by atoms with van der Waals surface area (Å²) in [5.74, 6) is -1.42. The summed E-state index contributed by atoms with van der Waals surface area (Å²) in [7, 11) is 0. The van der Waals surface area contributed by atoms with Crippen LogP contribution in [0.1, 0.15) is 22.4 Å². The monoisotopic (exact) mass is 496 g/mol. The highest BCUT2D eigenvalue weighted by molar-refractivity contribution is 5.91. The van der Waals surface area contributed by atoms with E-state index in [1.807, 2.05) is 18.3 Å². The van der Waals surface area contributed by atoms with Gasteiger partial charge in [0, 0.05) is 25.8 Å². The number of fused-ring (bicyclic) bond motifs is 1. The van der Waals surface area contributed by atoms with Gasteiger partial charge in [0.25, 0.3) is 5.91 Å². The first-order valence-corrected chi connectivity index (χ1v) is 10.8. The number of alkyl halides is 3. The first-order chi connectivity index (χ1) is 16.7. The van der Waals surface area contributed by atoms with Crippen molar-refractivity contribution in [3.05, 3.63) is 54.2 Å². The molecule has 0 bridgehead atoms. The van der Waals surface area contributed by atoms with Crippen LogP contribution in [0.3, 0.4) is 0 Å². The highest BCUT2D eigenvalue weighted by Gasteiger charge is 2.38. The zero-order chi connectivity index (χ0) is 25.0. The lowest BCUT2D eigenvalue weighted by Gasteiger charge is -2.31. The predicted molar refractivity (Wildman–Crippen MR) is 115 cm³/mol. The molecular formula is C22H23F3N4O6. The Morgan fingerprint density at radius 2 is 1.80 bits per heavy atom. The molecule has 1 N–H and O–H groups in total. The number of amides is 1. The van der Waals surface area contributed by atoms with E-state index >= 15 is 0 Å². The van der Waals surface area contributed by atoms with Gasteiger partial charge in [0.05, 0.1) is 38.3 Å². The van der Waals surface area contributed by atoms with Crippen LogP contribution in [0.5, 0.6) is 0 Å². The van der Waals surface area contributed by atoms with Gasteiger partial charge in [-0.15, -0.1) is 0 Å². The van der Waals surface area contributed by atoms with Crippen molar-refractivity contribution in [1.82, 2.24) is 14.3 Å². The molecule has 0 radical (unpaired) electrons. The van der Waals surface area contributed by atoms with Crippen LogP contribution < -0.4 is 4.90 Å². The molecule has 3 aromatic heterocycles. The molecule has 13 heteroatoms. The van der Waals surface area contributed by atoms with Crippen LogP contribution in [0.2, 0.25) is 0 Å². The van der Waals surface area contributed by atoms with Gasteiger partial charge in [-0.25, -0.2) is 9.78 Å². The van der Waals surface area contributed by atoms with Crippen molar-refractivity contribution in [3.8, 4) is 0 Å². The number of carbonyl (C=O) groups is 2. The maximum absolute atomic E-state index is 12.6.